The lowest BCUT2D eigenvalue weighted by Crippen LogP contribution is -2.22. The van der Waals surface area contributed by atoms with Gasteiger partial charge in [-0.1, -0.05) is 17.4 Å². The number of rotatable bonds is 5. The van der Waals surface area contributed by atoms with Crippen LogP contribution in [0.2, 0.25) is 0 Å². The van der Waals surface area contributed by atoms with Crippen LogP contribution >= 0.6 is 11.3 Å². The molecule has 3 rings (SSSR count). The molecule has 0 aliphatic heterocycles. The predicted octanol–water partition coefficient (Wildman–Crippen LogP) is 2.68. The number of aryl methyl sites for hydroxylation is 2. The van der Waals surface area contributed by atoms with E-state index in [1.54, 1.807) is 0 Å². The Morgan fingerprint density at radius 1 is 1.32 bits per heavy atom. The van der Waals surface area contributed by atoms with Gasteiger partial charge < -0.3 is 10.3 Å². The number of nitrogens with zero attached hydrogens (tertiary/aromatic N) is 1. The van der Waals surface area contributed by atoms with Crippen molar-refractivity contribution in [3.05, 3.63) is 41.2 Å². The molecule has 1 aromatic carbocycles. The minimum Gasteiger partial charge on any atom is -0.358 e. The lowest BCUT2D eigenvalue weighted by Gasteiger charge is -2.05. The molecule has 0 unspecified atom stereocenters. The van der Waals surface area contributed by atoms with Gasteiger partial charge in [-0.3, -0.25) is 4.79 Å². The molecule has 0 fully saturated rings. The summed E-state index contributed by atoms with van der Waals surface area (Å²) in [6.45, 7) is 5.56. The van der Waals surface area contributed by atoms with Gasteiger partial charge in [0, 0.05) is 30.1 Å². The largest absolute Gasteiger partial charge is 0.358 e. The van der Waals surface area contributed by atoms with Crippen LogP contribution in [0.15, 0.2) is 28.6 Å². The van der Waals surface area contributed by atoms with Crippen molar-refractivity contribution in [2.24, 2.45) is 0 Å². The van der Waals surface area contributed by atoms with E-state index in [-0.39, 0.29) is 21.8 Å². The Labute approximate surface area is 149 Å². The number of carbonyl (C=O) groups is 1. The zero-order chi connectivity index (χ0) is 18.2. The fraction of sp³-hybridized carbons (Fsp3) is 0.250. The normalized spacial score (nSPS) is 11.8. The van der Waals surface area contributed by atoms with Crippen molar-refractivity contribution >= 4 is 43.3 Å². The van der Waals surface area contributed by atoms with E-state index in [1.165, 1.54) is 13.1 Å². The maximum absolute atomic E-state index is 12.4. The second kappa shape index (κ2) is 6.58. The first-order valence-corrected chi connectivity index (χ1v) is 9.87. The second-order valence-electron chi connectivity index (χ2n) is 5.75. The smallest absolute Gasteiger partial charge is 0.252 e. The fourth-order valence-corrected chi connectivity index (χ4v) is 4.60. The lowest BCUT2D eigenvalue weighted by molar-refractivity contribution is -0.114. The van der Waals surface area contributed by atoms with Crippen molar-refractivity contribution in [3.8, 4) is 0 Å². The number of carbonyl (C=O) groups excluding carboxylic acids is 1. The van der Waals surface area contributed by atoms with Gasteiger partial charge in [0.15, 0.2) is 9.34 Å². The predicted molar refractivity (Wildman–Crippen MR) is 98.2 cm³/mol. The maximum Gasteiger partial charge on any atom is 0.252 e. The third-order valence-electron chi connectivity index (χ3n) is 3.87. The average Bonchev–Trinajstić information content (AvgIpc) is 3.11. The number of benzene rings is 1. The number of anilines is 1. The van der Waals surface area contributed by atoms with E-state index in [0.717, 1.165) is 39.1 Å². The molecule has 0 bridgehead atoms. The van der Waals surface area contributed by atoms with Gasteiger partial charge in [0.2, 0.25) is 5.91 Å². The van der Waals surface area contributed by atoms with E-state index in [1.807, 2.05) is 32.0 Å². The number of amides is 1. The molecule has 1 amide bonds. The molecule has 132 valence electrons. The van der Waals surface area contributed by atoms with Gasteiger partial charge in [-0.05, 0) is 37.1 Å². The Balaban J connectivity index is 1.76. The van der Waals surface area contributed by atoms with Crippen molar-refractivity contribution in [3.63, 3.8) is 0 Å². The van der Waals surface area contributed by atoms with Gasteiger partial charge in [0.05, 0.1) is 6.20 Å². The SMILES string of the molecule is CC(=O)Nc1ncc(S(=O)(=O)NCc2ccc3[nH]c(C)c(C)c3c2)s1. The Kier molecular flexibility index (Phi) is 4.63. The van der Waals surface area contributed by atoms with Crippen LogP contribution in [0.1, 0.15) is 23.7 Å². The highest BCUT2D eigenvalue weighted by Gasteiger charge is 2.18. The Hall–Kier alpha value is -2.23. The molecule has 0 aliphatic carbocycles. The first kappa shape index (κ1) is 17.6. The number of nitrogens with one attached hydrogen (secondary N) is 3. The second-order valence-corrected chi connectivity index (χ2v) is 8.77. The number of sulfonamides is 1. The van der Waals surface area contributed by atoms with Gasteiger partial charge in [-0.15, -0.1) is 0 Å². The summed E-state index contributed by atoms with van der Waals surface area (Å²) in [7, 11) is -3.68. The minimum atomic E-state index is -3.68. The van der Waals surface area contributed by atoms with Crippen LogP contribution in [0.4, 0.5) is 5.13 Å². The van der Waals surface area contributed by atoms with Crippen LogP contribution in [0, 0.1) is 13.8 Å². The van der Waals surface area contributed by atoms with Crippen molar-refractivity contribution < 1.29 is 13.2 Å². The highest BCUT2D eigenvalue weighted by Crippen LogP contribution is 2.24. The summed E-state index contributed by atoms with van der Waals surface area (Å²) in [5, 5.41) is 3.81. The Morgan fingerprint density at radius 2 is 2.08 bits per heavy atom. The van der Waals surface area contributed by atoms with E-state index in [0.29, 0.717) is 0 Å². The van der Waals surface area contributed by atoms with Crippen molar-refractivity contribution in [2.45, 2.75) is 31.5 Å². The molecule has 0 radical (unpaired) electrons. The van der Waals surface area contributed by atoms with Gasteiger partial charge in [-0.2, -0.15) is 0 Å². The van der Waals surface area contributed by atoms with E-state index < -0.39 is 10.0 Å². The number of thiazole rings is 1. The molecule has 3 aromatic rings. The summed E-state index contributed by atoms with van der Waals surface area (Å²) < 4.78 is 27.4. The van der Waals surface area contributed by atoms with Crippen molar-refractivity contribution in [1.29, 1.82) is 0 Å². The standard InChI is InChI=1S/C16H18N4O3S2/c1-9-10(2)19-14-5-4-12(6-13(9)14)7-18-25(22,23)15-8-17-16(24-15)20-11(3)21/h4-6,8,18-19H,7H2,1-3H3,(H,17,20,21). The first-order chi connectivity index (χ1) is 11.8. The summed E-state index contributed by atoms with van der Waals surface area (Å²) in [6.07, 6.45) is 1.24. The van der Waals surface area contributed by atoms with E-state index in [2.05, 4.69) is 20.0 Å². The molecule has 3 N–H and O–H groups in total. The molecular weight excluding hydrogens is 360 g/mol. The van der Waals surface area contributed by atoms with Crippen LogP contribution in [0.25, 0.3) is 10.9 Å². The quantitative estimate of drug-likeness (QED) is 0.635. The van der Waals surface area contributed by atoms with Crippen LogP contribution in [-0.4, -0.2) is 24.3 Å². The molecule has 9 heteroatoms. The number of H-pyrrole nitrogens is 1. The molecule has 0 saturated carbocycles. The third kappa shape index (κ3) is 3.73. The lowest BCUT2D eigenvalue weighted by atomic mass is 10.1. The van der Waals surface area contributed by atoms with Crippen molar-refractivity contribution in [1.82, 2.24) is 14.7 Å². The van der Waals surface area contributed by atoms with E-state index >= 15 is 0 Å². The van der Waals surface area contributed by atoms with Crippen LogP contribution in [0.5, 0.6) is 0 Å². The third-order valence-corrected chi connectivity index (χ3v) is 6.65. The highest BCUT2D eigenvalue weighted by molar-refractivity contribution is 7.91. The molecule has 0 saturated heterocycles. The summed E-state index contributed by atoms with van der Waals surface area (Å²) in [4.78, 5) is 18.2. The van der Waals surface area contributed by atoms with Crippen LogP contribution in [0.3, 0.4) is 0 Å². The summed E-state index contributed by atoms with van der Waals surface area (Å²) in [5.74, 6) is -0.295. The number of aromatic nitrogens is 2. The number of fused-ring (bicyclic) bond motifs is 1. The molecule has 2 aromatic heterocycles. The zero-order valence-electron chi connectivity index (χ0n) is 14.0. The number of aromatic amines is 1. The van der Waals surface area contributed by atoms with Gasteiger partial charge in [-0.25, -0.2) is 18.1 Å². The van der Waals surface area contributed by atoms with Gasteiger partial charge in [0.25, 0.3) is 10.0 Å². The summed E-state index contributed by atoms with van der Waals surface area (Å²) in [5.41, 5.74) is 4.15. The summed E-state index contributed by atoms with van der Waals surface area (Å²) in [6, 6.07) is 5.81. The number of hydrogen-bond acceptors (Lipinski definition) is 5. The zero-order valence-corrected chi connectivity index (χ0v) is 15.6. The van der Waals surface area contributed by atoms with Crippen molar-refractivity contribution in [2.75, 3.05) is 5.32 Å². The first-order valence-electron chi connectivity index (χ1n) is 7.57. The Morgan fingerprint density at radius 3 is 2.80 bits per heavy atom. The monoisotopic (exact) mass is 378 g/mol. The molecule has 0 spiro atoms. The highest BCUT2D eigenvalue weighted by atomic mass is 32.2. The topological polar surface area (TPSA) is 104 Å². The molecule has 0 atom stereocenters. The minimum absolute atomic E-state index is 0.0611. The molecule has 7 nitrogen and oxygen atoms in total. The van der Waals surface area contributed by atoms with Gasteiger partial charge >= 0.3 is 0 Å². The Bertz CT molecular complexity index is 1050. The summed E-state index contributed by atoms with van der Waals surface area (Å²) >= 11 is 0.913. The molecule has 25 heavy (non-hydrogen) atoms. The fourth-order valence-electron chi connectivity index (χ4n) is 2.46. The van der Waals surface area contributed by atoms with Gasteiger partial charge in [0.1, 0.15) is 0 Å². The molecule has 2 heterocycles. The van der Waals surface area contributed by atoms with E-state index in [9.17, 15) is 13.2 Å². The average molecular weight is 378 g/mol. The maximum atomic E-state index is 12.4. The molecule has 0 aliphatic rings. The van der Waals surface area contributed by atoms with Crippen LogP contribution < -0.4 is 10.0 Å². The number of hydrogen-bond donors (Lipinski definition) is 3. The van der Waals surface area contributed by atoms with E-state index in [4.69, 9.17) is 0 Å². The molecular formula is C16H18N4O3S2. The van der Waals surface area contributed by atoms with Crippen LogP contribution in [-0.2, 0) is 21.4 Å².